The van der Waals surface area contributed by atoms with Crippen LogP contribution in [-0.2, 0) is 21.7 Å². The summed E-state index contributed by atoms with van der Waals surface area (Å²) < 4.78 is 0.770. The van der Waals surface area contributed by atoms with E-state index in [1.54, 1.807) is 37.3 Å². The maximum Gasteiger partial charge on any atom is 0.344 e. The van der Waals surface area contributed by atoms with Crippen LogP contribution < -0.4 is 16.3 Å². The van der Waals surface area contributed by atoms with E-state index in [0.717, 1.165) is 10.9 Å². The van der Waals surface area contributed by atoms with Crippen LogP contribution in [0.2, 0.25) is 10.0 Å². The van der Waals surface area contributed by atoms with Crippen LogP contribution in [0.5, 0.6) is 0 Å². The molecule has 1 aliphatic heterocycles. The van der Waals surface area contributed by atoms with Crippen LogP contribution in [-0.4, -0.2) is 32.6 Å². The number of urea groups is 1. The maximum absolute atomic E-state index is 12.9. The van der Waals surface area contributed by atoms with Gasteiger partial charge >= 0.3 is 6.03 Å². The number of halogens is 2. The van der Waals surface area contributed by atoms with Gasteiger partial charge in [0.1, 0.15) is 17.1 Å². The van der Waals surface area contributed by atoms with Gasteiger partial charge in [-0.05, 0) is 12.0 Å². The Morgan fingerprint density at radius 1 is 1.21 bits per heavy atom. The zero-order chi connectivity index (χ0) is 20.5. The molecule has 4 amide bonds. The first-order chi connectivity index (χ1) is 13.3. The van der Waals surface area contributed by atoms with Crippen LogP contribution in [0.15, 0.2) is 41.3 Å². The van der Waals surface area contributed by atoms with Gasteiger partial charge in [-0.2, -0.15) is 10.1 Å². The van der Waals surface area contributed by atoms with Crippen molar-refractivity contribution in [2.45, 2.75) is 25.4 Å². The molecule has 9 nitrogen and oxygen atoms in total. The molecule has 0 saturated carbocycles. The number of hydrogen-bond acceptors (Lipinski definition) is 5. The van der Waals surface area contributed by atoms with Crippen molar-refractivity contribution in [2.75, 3.05) is 0 Å². The molecule has 1 aromatic carbocycles. The summed E-state index contributed by atoms with van der Waals surface area (Å²) in [7, 11) is 0. The van der Waals surface area contributed by atoms with Crippen molar-refractivity contribution < 1.29 is 14.4 Å². The summed E-state index contributed by atoms with van der Waals surface area (Å²) in [4.78, 5) is 49.5. The van der Waals surface area contributed by atoms with Crippen LogP contribution >= 0.6 is 23.2 Å². The van der Waals surface area contributed by atoms with Crippen molar-refractivity contribution in [1.29, 1.82) is 0 Å². The fourth-order valence-corrected chi connectivity index (χ4v) is 3.16. The summed E-state index contributed by atoms with van der Waals surface area (Å²) >= 11 is 11.4. The van der Waals surface area contributed by atoms with Gasteiger partial charge in [-0.1, -0.05) is 60.5 Å². The fourth-order valence-electron chi connectivity index (χ4n) is 2.89. The lowest BCUT2D eigenvalue weighted by Crippen LogP contribution is -2.50. The van der Waals surface area contributed by atoms with E-state index < -0.39 is 35.5 Å². The topological polar surface area (TPSA) is 113 Å². The molecule has 0 spiro atoms. The van der Waals surface area contributed by atoms with Crippen LogP contribution in [0.1, 0.15) is 18.9 Å². The van der Waals surface area contributed by atoms with Gasteiger partial charge in [-0.15, -0.1) is 0 Å². The first-order valence-corrected chi connectivity index (χ1v) is 8.98. The van der Waals surface area contributed by atoms with E-state index in [1.165, 1.54) is 0 Å². The summed E-state index contributed by atoms with van der Waals surface area (Å²) in [5.41, 5.74) is 0.739. The highest BCUT2D eigenvalue weighted by molar-refractivity contribution is 6.41. The minimum Gasteiger partial charge on any atom is -0.318 e. The number of benzene rings is 1. The monoisotopic (exact) mass is 423 g/mol. The lowest BCUT2D eigenvalue weighted by atomic mass is 9.87. The Morgan fingerprint density at radius 2 is 1.89 bits per heavy atom. The van der Waals surface area contributed by atoms with Gasteiger partial charge in [0, 0.05) is 0 Å². The summed E-state index contributed by atoms with van der Waals surface area (Å²) in [5.74, 6) is -1.44. The molecule has 146 valence electrons. The predicted octanol–water partition coefficient (Wildman–Crippen LogP) is 1.44. The van der Waals surface area contributed by atoms with Crippen molar-refractivity contribution in [2.24, 2.45) is 0 Å². The third-order valence-electron chi connectivity index (χ3n) is 4.36. The Kier molecular flexibility index (Phi) is 5.39. The quantitative estimate of drug-likeness (QED) is 0.706. The molecular weight excluding hydrogens is 409 g/mol. The molecule has 1 fully saturated rings. The van der Waals surface area contributed by atoms with Gasteiger partial charge in [0.25, 0.3) is 17.4 Å². The Labute approximate surface area is 169 Å². The van der Waals surface area contributed by atoms with Crippen molar-refractivity contribution in [1.82, 2.24) is 25.5 Å². The summed E-state index contributed by atoms with van der Waals surface area (Å²) in [6.07, 6.45) is 1.39. The van der Waals surface area contributed by atoms with Crippen LogP contribution in [0, 0.1) is 0 Å². The Balaban J connectivity index is 1.80. The number of hydrazine groups is 1. The van der Waals surface area contributed by atoms with Crippen molar-refractivity contribution in [3.63, 3.8) is 0 Å². The Bertz CT molecular complexity index is 1010. The normalized spacial score (nSPS) is 18.9. The molecule has 3 rings (SSSR count). The number of amides is 4. The van der Waals surface area contributed by atoms with Gasteiger partial charge in [-0.3, -0.25) is 19.8 Å². The molecule has 1 atom stereocenters. The molecule has 1 unspecified atom stereocenters. The zero-order valence-corrected chi connectivity index (χ0v) is 16.1. The lowest BCUT2D eigenvalue weighted by molar-refractivity contribution is -0.139. The van der Waals surface area contributed by atoms with E-state index in [0.29, 0.717) is 10.6 Å². The minimum atomic E-state index is -1.29. The number of hydrogen-bond donors (Lipinski definition) is 2. The largest absolute Gasteiger partial charge is 0.344 e. The number of imide groups is 1. The molecule has 11 heteroatoms. The highest BCUT2D eigenvalue weighted by atomic mass is 35.5. The Hall–Kier alpha value is -2.91. The molecule has 1 saturated heterocycles. The minimum absolute atomic E-state index is 0.0481. The lowest BCUT2D eigenvalue weighted by Gasteiger charge is -2.25. The Morgan fingerprint density at radius 3 is 2.54 bits per heavy atom. The van der Waals surface area contributed by atoms with Crippen LogP contribution in [0.3, 0.4) is 0 Å². The third kappa shape index (κ3) is 3.34. The average Bonchev–Trinajstić information content (AvgIpc) is 2.94. The molecule has 2 aromatic rings. The highest BCUT2D eigenvalue weighted by Crippen LogP contribution is 2.31. The summed E-state index contributed by atoms with van der Waals surface area (Å²) in [6.45, 7) is 1.19. The van der Waals surface area contributed by atoms with Crippen LogP contribution in [0.25, 0.3) is 0 Å². The molecule has 1 aromatic heterocycles. The average molecular weight is 424 g/mol. The van der Waals surface area contributed by atoms with E-state index in [4.69, 9.17) is 23.2 Å². The number of aromatic nitrogens is 2. The second-order valence-corrected chi connectivity index (χ2v) is 6.79. The van der Waals surface area contributed by atoms with Gasteiger partial charge < -0.3 is 5.32 Å². The number of nitrogens with zero attached hydrogens (tertiary/aromatic N) is 3. The standard InChI is InChI=1S/C17H15Cl2N5O4/c1-2-17(10-6-4-3-5-7-10)15(27)24(16(28)21-17)22-12(25)9-23-14(26)13(19)11(18)8-20-23/h3-8H,2,9H2,1H3,(H,21,28)(H,22,25). The molecule has 28 heavy (non-hydrogen) atoms. The van der Waals surface area contributed by atoms with Crippen molar-refractivity contribution in [3.05, 3.63) is 62.5 Å². The van der Waals surface area contributed by atoms with Crippen molar-refractivity contribution >= 4 is 41.0 Å². The second kappa shape index (κ2) is 7.61. The van der Waals surface area contributed by atoms with E-state index in [-0.39, 0.29) is 16.5 Å². The molecule has 2 heterocycles. The highest BCUT2D eigenvalue weighted by Gasteiger charge is 2.52. The number of carbonyl (C=O) groups excluding carboxylic acids is 3. The molecule has 0 radical (unpaired) electrons. The van der Waals surface area contributed by atoms with Crippen LogP contribution in [0.4, 0.5) is 4.79 Å². The van der Waals surface area contributed by atoms with Gasteiger partial charge in [-0.25, -0.2) is 9.48 Å². The molecule has 0 aliphatic carbocycles. The smallest absolute Gasteiger partial charge is 0.318 e. The van der Waals surface area contributed by atoms with E-state index in [9.17, 15) is 19.2 Å². The van der Waals surface area contributed by atoms with Gasteiger partial charge in [0.2, 0.25) is 0 Å². The second-order valence-electron chi connectivity index (χ2n) is 6.00. The summed E-state index contributed by atoms with van der Waals surface area (Å²) in [6, 6.07) is 7.93. The SMILES string of the molecule is CCC1(c2ccccc2)NC(=O)N(NC(=O)Cn2ncc(Cl)c(Cl)c2=O)C1=O. The van der Waals surface area contributed by atoms with Gasteiger partial charge in [0.15, 0.2) is 0 Å². The maximum atomic E-state index is 12.9. The van der Waals surface area contributed by atoms with Gasteiger partial charge in [0.05, 0.1) is 11.2 Å². The number of rotatable bonds is 5. The third-order valence-corrected chi connectivity index (χ3v) is 5.11. The fraction of sp³-hybridized carbons (Fsp3) is 0.235. The number of carbonyl (C=O) groups is 3. The van der Waals surface area contributed by atoms with E-state index >= 15 is 0 Å². The summed E-state index contributed by atoms with van der Waals surface area (Å²) in [5, 5.41) is 6.60. The molecule has 1 aliphatic rings. The van der Waals surface area contributed by atoms with E-state index in [1.807, 2.05) is 0 Å². The molecule has 0 bridgehead atoms. The van der Waals surface area contributed by atoms with E-state index in [2.05, 4.69) is 15.8 Å². The molecular formula is C17H15Cl2N5O4. The predicted molar refractivity (Wildman–Crippen MR) is 100 cm³/mol. The molecule has 2 N–H and O–H groups in total. The van der Waals surface area contributed by atoms with Crippen molar-refractivity contribution in [3.8, 4) is 0 Å². The number of nitrogens with one attached hydrogen (secondary N) is 2. The first kappa shape index (κ1) is 19.8. The zero-order valence-electron chi connectivity index (χ0n) is 14.6. The first-order valence-electron chi connectivity index (χ1n) is 8.23.